The van der Waals surface area contributed by atoms with Crippen molar-refractivity contribution in [1.29, 1.82) is 0 Å². The summed E-state index contributed by atoms with van der Waals surface area (Å²) in [6, 6.07) is 40.2. The monoisotopic (exact) mass is 670 g/mol. The summed E-state index contributed by atoms with van der Waals surface area (Å²) in [5.41, 5.74) is 11.5. The second-order valence-corrected chi connectivity index (χ2v) is 16.1. The smallest absolute Gasteiger partial charge is 0.238 e. The second kappa shape index (κ2) is 9.74. The molecule has 0 N–H and O–H groups in total. The molecule has 5 heteroatoms. The van der Waals surface area contributed by atoms with Crippen molar-refractivity contribution in [3.05, 3.63) is 133 Å². The maximum Gasteiger partial charge on any atom is 0.238 e. The number of fused-ring (bicyclic) bond motifs is 10. The average Bonchev–Trinajstić information content (AvgIpc) is 3.81. The third-order valence-electron chi connectivity index (χ3n) is 13.7. The molecule has 0 saturated heterocycles. The number of aromatic nitrogens is 4. The standard InChI is InChI=1S/C47H34N4O/c1-2-8-30-23-40-36(22-29(30)7-1)37-24-39-35(33-9-3-5-11-38(33)47(39)31-18-26-17-27(20-31)21-32(47)19-26)25-41(37)51(40)46-49-44(28-13-15-48-16-14-28)43-34-10-4-6-12-42(34)52-45(43)50-46/h1-16,22-27,31-32H,17-21H2. The van der Waals surface area contributed by atoms with Crippen molar-refractivity contribution in [2.24, 2.45) is 23.7 Å². The molecule has 0 atom stereocenters. The summed E-state index contributed by atoms with van der Waals surface area (Å²) >= 11 is 0. The zero-order valence-electron chi connectivity index (χ0n) is 28.6. The number of pyridine rings is 1. The minimum Gasteiger partial charge on any atom is -0.437 e. The lowest BCUT2D eigenvalue weighted by atomic mass is 9.43. The Kier molecular flexibility index (Phi) is 5.22. The Morgan fingerprint density at radius 3 is 2.12 bits per heavy atom. The van der Waals surface area contributed by atoms with E-state index in [0.29, 0.717) is 23.5 Å². The highest BCUT2D eigenvalue weighted by atomic mass is 16.3. The van der Waals surface area contributed by atoms with Crippen molar-refractivity contribution in [3.8, 4) is 28.3 Å². The van der Waals surface area contributed by atoms with Crippen LogP contribution in [0.4, 0.5) is 0 Å². The molecule has 4 fully saturated rings. The summed E-state index contributed by atoms with van der Waals surface area (Å²) < 4.78 is 8.82. The van der Waals surface area contributed by atoms with E-state index in [-0.39, 0.29) is 5.41 Å². The highest BCUT2D eigenvalue weighted by molar-refractivity contribution is 6.15. The highest BCUT2D eigenvalue weighted by Crippen LogP contribution is 2.69. The van der Waals surface area contributed by atoms with E-state index in [1.165, 1.54) is 64.8 Å². The molecule has 52 heavy (non-hydrogen) atoms. The van der Waals surface area contributed by atoms with Gasteiger partial charge in [0.15, 0.2) is 0 Å². The van der Waals surface area contributed by atoms with Crippen LogP contribution < -0.4 is 0 Å². The number of nitrogens with zero attached hydrogens (tertiary/aromatic N) is 4. The third kappa shape index (κ3) is 3.42. The summed E-state index contributed by atoms with van der Waals surface area (Å²) in [7, 11) is 0. The Balaban J connectivity index is 1.16. The Hall–Kier alpha value is -5.81. The molecular formula is C47H34N4O. The molecule has 0 unspecified atom stereocenters. The Morgan fingerprint density at radius 1 is 0.596 bits per heavy atom. The average molecular weight is 671 g/mol. The molecule has 0 amide bonds. The van der Waals surface area contributed by atoms with E-state index in [1.54, 1.807) is 11.1 Å². The van der Waals surface area contributed by atoms with Crippen LogP contribution in [-0.2, 0) is 5.41 Å². The van der Waals surface area contributed by atoms with E-state index in [1.807, 2.05) is 42.7 Å². The van der Waals surface area contributed by atoms with Gasteiger partial charge in [0, 0.05) is 39.5 Å². The van der Waals surface area contributed by atoms with Gasteiger partial charge >= 0.3 is 0 Å². The zero-order chi connectivity index (χ0) is 33.7. The van der Waals surface area contributed by atoms with E-state index in [0.717, 1.165) is 50.5 Å². The molecule has 0 aliphatic heterocycles. The minimum atomic E-state index is 0.0943. The first-order valence-corrected chi connectivity index (χ1v) is 18.9. The summed E-state index contributed by atoms with van der Waals surface area (Å²) in [5, 5.41) is 6.90. The van der Waals surface area contributed by atoms with Crippen molar-refractivity contribution in [3.63, 3.8) is 0 Å². The predicted molar refractivity (Wildman–Crippen MR) is 208 cm³/mol. The summed E-state index contributed by atoms with van der Waals surface area (Å²) in [4.78, 5) is 15.1. The fraction of sp³-hybridized carbons (Fsp3) is 0.213. The number of hydrogen-bond donors (Lipinski definition) is 0. The largest absolute Gasteiger partial charge is 0.437 e. The van der Waals surface area contributed by atoms with Gasteiger partial charge in [-0.1, -0.05) is 66.7 Å². The first-order chi connectivity index (χ1) is 25.7. The minimum absolute atomic E-state index is 0.0943. The topological polar surface area (TPSA) is 56.7 Å². The molecule has 1 spiro atoms. The molecule has 14 rings (SSSR count). The van der Waals surface area contributed by atoms with Crippen LogP contribution in [-0.4, -0.2) is 19.5 Å². The van der Waals surface area contributed by atoms with E-state index in [2.05, 4.69) is 88.4 Å². The van der Waals surface area contributed by atoms with Crippen molar-refractivity contribution in [2.45, 2.75) is 37.5 Å². The Labute approximate surface area is 300 Å². The van der Waals surface area contributed by atoms with Gasteiger partial charge in [-0.3, -0.25) is 9.55 Å². The lowest BCUT2D eigenvalue weighted by Crippen LogP contribution is -2.55. The van der Waals surface area contributed by atoms with Crippen LogP contribution in [0.15, 0.2) is 126 Å². The molecular weight excluding hydrogens is 637 g/mol. The summed E-state index contributed by atoms with van der Waals surface area (Å²) in [6.45, 7) is 0. The highest BCUT2D eigenvalue weighted by Gasteiger charge is 2.61. The quantitative estimate of drug-likeness (QED) is 0.184. The van der Waals surface area contributed by atoms with E-state index in [9.17, 15) is 0 Å². The van der Waals surface area contributed by atoms with Crippen LogP contribution in [0.2, 0.25) is 0 Å². The molecule has 5 aromatic carbocycles. The molecule has 4 heterocycles. The van der Waals surface area contributed by atoms with Crippen LogP contribution in [0.5, 0.6) is 0 Å². The molecule has 0 radical (unpaired) electrons. The molecule has 9 aromatic rings. The van der Waals surface area contributed by atoms with E-state index < -0.39 is 0 Å². The number of hydrogen-bond acceptors (Lipinski definition) is 4. The summed E-state index contributed by atoms with van der Waals surface area (Å²) in [5.74, 6) is 3.84. The van der Waals surface area contributed by atoms with Gasteiger partial charge in [0.25, 0.3) is 0 Å². The van der Waals surface area contributed by atoms with Crippen LogP contribution >= 0.6 is 0 Å². The van der Waals surface area contributed by atoms with Gasteiger partial charge < -0.3 is 4.42 Å². The fourth-order valence-corrected chi connectivity index (χ4v) is 12.0. The fourth-order valence-electron chi connectivity index (χ4n) is 12.0. The van der Waals surface area contributed by atoms with Gasteiger partial charge in [-0.15, -0.1) is 0 Å². The van der Waals surface area contributed by atoms with E-state index >= 15 is 0 Å². The molecule has 5 aliphatic rings. The lowest BCUT2D eigenvalue weighted by molar-refractivity contribution is -0.0399. The number of furan rings is 1. The lowest BCUT2D eigenvalue weighted by Gasteiger charge is -2.61. The molecule has 4 saturated carbocycles. The normalized spacial score (nSPS) is 24.2. The van der Waals surface area contributed by atoms with Gasteiger partial charge in [-0.05, 0) is 131 Å². The van der Waals surface area contributed by atoms with E-state index in [4.69, 9.17) is 14.4 Å². The SMILES string of the molecule is c1ccc2c(c1)-c1cc3c(cc1C21C2CC4CC(C2)CC1C4)c1cc2ccccc2cc1n3-c1nc(-c2ccncc2)c2c(n1)oc1ccccc12. The Bertz CT molecular complexity index is 2960. The molecule has 5 aliphatic carbocycles. The van der Waals surface area contributed by atoms with Crippen LogP contribution in [0, 0.1) is 23.7 Å². The van der Waals surface area contributed by atoms with Crippen LogP contribution in [0.3, 0.4) is 0 Å². The van der Waals surface area contributed by atoms with Crippen LogP contribution in [0.25, 0.3) is 83.0 Å². The zero-order valence-corrected chi connectivity index (χ0v) is 28.6. The van der Waals surface area contributed by atoms with Gasteiger partial charge in [-0.2, -0.15) is 4.98 Å². The summed E-state index contributed by atoms with van der Waals surface area (Å²) in [6.07, 6.45) is 10.6. The van der Waals surface area contributed by atoms with Crippen molar-refractivity contribution >= 4 is 54.6 Å². The number of rotatable bonds is 2. The van der Waals surface area contributed by atoms with Crippen molar-refractivity contribution in [2.75, 3.05) is 0 Å². The predicted octanol–water partition coefficient (Wildman–Crippen LogP) is 11.4. The first kappa shape index (κ1) is 27.9. The maximum atomic E-state index is 6.52. The van der Waals surface area contributed by atoms with Gasteiger partial charge in [0.1, 0.15) is 5.58 Å². The molecule has 5 nitrogen and oxygen atoms in total. The van der Waals surface area contributed by atoms with Crippen LogP contribution in [0.1, 0.15) is 43.2 Å². The Morgan fingerprint density at radius 2 is 1.29 bits per heavy atom. The number of para-hydroxylation sites is 1. The van der Waals surface area contributed by atoms with Gasteiger partial charge in [-0.25, -0.2) is 4.98 Å². The first-order valence-electron chi connectivity index (χ1n) is 18.9. The molecule has 248 valence electrons. The molecule has 4 bridgehead atoms. The van der Waals surface area contributed by atoms with Crippen molar-refractivity contribution < 1.29 is 4.42 Å². The van der Waals surface area contributed by atoms with Gasteiger partial charge in [0.05, 0.1) is 22.1 Å². The second-order valence-electron chi connectivity index (χ2n) is 16.1. The molecule has 4 aromatic heterocycles. The van der Waals surface area contributed by atoms with Gasteiger partial charge in [0.2, 0.25) is 11.7 Å². The number of benzene rings is 5. The van der Waals surface area contributed by atoms with Crippen molar-refractivity contribution in [1.82, 2.24) is 19.5 Å². The third-order valence-corrected chi connectivity index (χ3v) is 13.7. The maximum absolute atomic E-state index is 6.52.